The maximum atomic E-state index is 14.8. The average Bonchev–Trinajstić information content (AvgIpc) is 2.80. The predicted octanol–water partition coefficient (Wildman–Crippen LogP) is 8.29. The third-order valence-electron chi connectivity index (χ3n) is 6.58. The zero-order valence-corrected chi connectivity index (χ0v) is 18.8. The van der Waals surface area contributed by atoms with Crippen LogP contribution in [0.1, 0.15) is 54.9 Å². The molecule has 2 atom stereocenters. The molecule has 0 aromatic heterocycles. The SMILES string of the molecule is C[C@@H](CC1(C)C=CC(c2ccc(CCc3ccc(F)cc3)c(F)c2)=CC1)c1ccccc1. The molecule has 0 fully saturated rings. The number of benzene rings is 3. The lowest BCUT2D eigenvalue weighted by molar-refractivity contribution is 0.364. The summed E-state index contributed by atoms with van der Waals surface area (Å²) in [6.45, 7) is 4.59. The summed E-state index contributed by atoms with van der Waals surface area (Å²) < 4.78 is 27.8. The molecule has 0 amide bonds. The molecule has 0 nitrogen and oxygen atoms in total. The van der Waals surface area contributed by atoms with Crippen molar-refractivity contribution < 1.29 is 8.78 Å². The second-order valence-corrected chi connectivity index (χ2v) is 9.30. The van der Waals surface area contributed by atoms with E-state index in [4.69, 9.17) is 0 Å². The molecular weight excluding hydrogens is 398 g/mol. The number of hydrogen-bond donors (Lipinski definition) is 0. The molecule has 1 unspecified atom stereocenters. The largest absolute Gasteiger partial charge is 0.207 e. The first-order valence-corrected chi connectivity index (χ1v) is 11.4. The van der Waals surface area contributed by atoms with Crippen LogP contribution in [-0.2, 0) is 12.8 Å². The Bertz CT molecular complexity index is 1110. The van der Waals surface area contributed by atoms with E-state index in [1.54, 1.807) is 18.2 Å². The molecule has 0 aliphatic heterocycles. The number of aryl methyl sites for hydroxylation is 2. The lowest BCUT2D eigenvalue weighted by atomic mass is 9.73. The van der Waals surface area contributed by atoms with E-state index in [9.17, 15) is 8.78 Å². The van der Waals surface area contributed by atoms with Crippen molar-refractivity contribution in [2.45, 2.75) is 45.4 Å². The van der Waals surface area contributed by atoms with Crippen LogP contribution in [0.3, 0.4) is 0 Å². The predicted molar refractivity (Wildman–Crippen MR) is 130 cm³/mol. The Morgan fingerprint density at radius 2 is 1.66 bits per heavy atom. The topological polar surface area (TPSA) is 0 Å². The summed E-state index contributed by atoms with van der Waals surface area (Å²) in [5.41, 5.74) is 5.18. The maximum absolute atomic E-state index is 14.8. The molecule has 3 aromatic carbocycles. The summed E-state index contributed by atoms with van der Waals surface area (Å²) in [5.74, 6) is 0.0623. The average molecular weight is 429 g/mol. The van der Waals surface area contributed by atoms with Crippen LogP contribution in [0.4, 0.5) is 8.78 Å². The summed E-state index contributed by atoms with van der Waals surface area (Å²) in [6.07, 6.45) is 10.00. The molecule has 0 radical (unpaired) electrons. The van der Waals surface area contributed by atoms with Gasteiger partial charge >= 0.3 is 0 Å². The highest BCUT2D eigenvalue weighted by Gasteiger charge is 2.26. The van der Waals surface area contributed by atoms with Gasteiger partial charge in [-0.05, 0) is 83.0 Å². The minimum atomic E-state index is -0.247. The Kier molecular flexibility index (Phi) is 6.69. The fourth-order valence-corrected chi connectivity index (χ4v) is 4.59. The molecule has 164 valence electrons. The molecule has 0 heterocycles. The summed E-state index contributed by atoms with van der Waals surface area (Å²) in [6, 6.07) is 22.6. The van der Waals surface area contributed by atoms with E-state index in [-0.39, 0.29) is 17.0 Å². The lowest BCUT2D eigenvalue weighted by Crippen LogP contribution is -2.17. The molecule has 2 heteroatoms. The first kappa shape index (κ1) is 22.2. The Hall–Kier alpha value is -3.00. The zero-order valence-electron chi connectivity index (χ0n) is 18.8. The van der Waals surface area contributed by atoms with E-state index in [0.717, 1.165) is 29.5 Å². The Morgan fingerprint density at radius 3 is 2.31 bits per heavy atom. The zero-order chi connectivity index (χ0) is 22.6. The van der Waals surface area contributed by atoms with E-state index in [0.29, 0.717) is 24.3 Å². The molecule has 0 saturated heterocycles. The van der Waals surface area contributed by atoms with E-state index in [1.165, 1.54) is 17.7 Å². The van der Waals surface area contributed by atoms with Crippen LogP contribution >= 0.6 is 0 Å². The van der Waals surface area contributed by atoms with Gasteiger partial charge in [-0.1, -0.05) is 86.7 Å². The van der Waals surface area contributed by atoms with Gasteiger partial charge in [-0.25, -0.2) is 8.78 Å². The Morgan fingerprint density at radius 1 is 0.906 bits per heavy atom. The van der Waals surface area contributed by atoms with Crippen molar-refractivity contribution >= 4 is 5.57 Å². The van der Waals surface area contributed by atoms with Crippen molar-refractivity contribution in [1.82, 2.24) is 0 Å². The standard InChI is InChI=1S/C30H30F2/c1-22(24-6-4-3-5-7-24)21-30(2)18-16-25(17-19-30)27-13-12-26(29(32)20-27)11-8-23-9-14-28(31)15-10-23/h3-7,9-10,12-18,20,22H,8,11,19,21H2,1-2H3/t22-,30?/m0/s1. The fraction of sp³-hybridized carbons (Fsp3) is 0.267. The van der Waals surface area contributed by atoms with Gasteiger partial charge in [-0.2, -0.15) is 0 Å². The smallest absolute Gasteiger partial charge is 0.127 e. The van der Waals surface area contributed by atoms with E-state index >= 15 is 0 Å². The van der Waals surface area contributed by atoms with Crippen molar-refractivity contribution in [3.63, 3.8) is 0 Å². The summed E-state index contributed by atoms with van der Waals surface area (Å²) in [4.78, 5) is 0. The number of allylic oxidation sites excluding steroid dienone is 4. The van der Waals surface area contributed by atoms with Crippen LogP contribution in [0.2, 0.25) is 0 Å². The van der Waals surface area contributed by atoms with Crippen molar-refractivity contribution in [2.24, 2.45) is 5.41 Å². The second kappa shape index (κ2) is 9.65. The lowest BCUT2D eigenvalue weighted by Gasteiger charge is -2.31. The van der Waals surface area contributed by atoms with Crippen LogP contribution in [0, 0.1) is 17.0 Å². The molecule has 0 saturated carbocycles. The van der Waals surface area contributed by atoms with Gasteiger partial charge in [-0.15, -0.1) is 0 Å². The van der Waals surface area contributed by atoms with Gasteiger partial charge in [0.05, 0.1) is 0 Å². The quantitative estimate of drug-likeness (QED) is 0.355. The number of rotatable bonds is 7. The van der Waals surface area contributed by atoms with E-state index in [2.05, 4.69) is 62.4 Å². The van der Waals surface area contributed by atoms with Crippen LogP contribution in [0.5, 0.6) is 0 Å². The summed E-state index contributed by atoms with van der Waals surface area (Å²) >= 11 is 0. The van der Waals surface area contributed by atoms with E-state index < -0.39 is 0 Å². The van der Waals surface area contributed by atoms with Crippen LogP contribution in [0.25, 0.3) is 5.57 Å². The summed E-state index contributed by atoms with van der Waals surface area (Å²) in [5, 5.41) is 0. The van der Waals surface area contributed by atoms with Crippen LogP contribution < -0.4 is 0 Å². The molecule has 4 rings (SSSR count). The minimum Gasteiger partial charge on any atom is -0.207 e. The third-order valence-corrected chi connectivity index (χ3v) is 6.58. The number of halogens is 2. The molecule has 3 aromatic rings. The number of hydrogen-bond acceptors (Lipinski definition) is 0. The Balaban J connectivity index is 1.39. The van der Waals surface area contributed by atoms with Gasteiger partial charge in [0.15, 0.2) is 0 Å². The van der Waals surface area contributed by atoms with Gasteiger partial charge in [0, 0.05) is 0 Å². The molecule has 32 heavy (non-hydrogen) atoms. The monoisotopic (exact) mass is 428 g/mol. The van der Waals surface area contributed by atoms with Crippen molar-refractivity contribution in [2.75, 3.05) is 0 Å². The van der Waals surface area contributed by atoms with Crippen LogP contribution in [0.15, 0.2) is 91.0 Å². The van der Waals surface area contributed by atoms with Crippen molar-refractivity contribution in [3.05, 3.63) is 125 Å². The van der Waals surface area contributed by atoms with Gasteiger partial charge in [0.2, 0.25) is 0 Å². The first-order valence-electron chi connectivity index (χ1n) is 11.4. The fourth-order valence-electron chi connectivity index (χ4n) is 4.59. The highest BCUT2D eigenvalue weighted by atomic mass is 19.1. The molecule has 1 aliphatic carbocycles. The van der Waals surface area contributed by atoms with Crippen LogP contribution in [-0.4, -0.2) is 0 Å². The van der Waals surface area contributed by atoms with Gasteiger partial charge in [0.1, 0.15) is 11.6 Å². The van der Waals surface area contributed by atoms with Crippen molar-refractivity contribution in [1.29, 1.82) is 0 Å². The minimum absolute atomic E-state index is 0.104. The third kappa shape index (κ3) is 5.43. The van der Waals surface area contributed by atoms with Gasteiger partial charge in [0.25, 0.3) is 0 Å². The molecular formula is C30H30F2. The first-order chi connectivity index (χ1) is 15.4. The highest BCUT2D eigenvalue weighted by molar-refractivity contribution is 5.75. The highest BCUT2D eigenvalue weighted by Crippen LogP contribution is 2.40. The summed E-state index contributed by atoms with van der Waals surface area (Å²) in [7, 11) is 0. The van der Waals surface area contributed by atoms with E-state index in [1.807, 2.05) is 12.1 Å². The van der Waals surface area contributed by atoms with Crippen molar-refractivity contribution in [3.8, 4) is 0 Å². The molecule has 0 spiro atoms. The van der Waals surface area contributed by atoms with Gasteiger partial charge < -0.3 is 0 Å². The molecule has 0 N–H and O–H groups in total. The maximum Gasteiger partial charge on any atom is 0.127 e. The Labute approximate surface area is 190 Å². The normalized spacial score (nSPS) is 18.9. The second-order valence-electron chi connectivity index (χ2n) is 9.30. The molecule has 0 bridgehead atoms. The molecule has 1 aliphatic rings. The van der Waals surface area contributed by atoms with Gasteiger partial charge in [-0.3, -0.25) is 0 Å².